The molecule has 0 bridgehead atoms. The molecule has 6 heteroatoms. The van der Waals surface area contributed by atoms with E-state index >= 15 is 0 Å². The Balaban J connectivity index is 2.77. The van der Waals surface area contributed by atoms with E-state index in [2.05, 4.69) is 0 Å². The highest BCUT2D eigenvalue weighted by molar-refractivity contribution is 5.95. The Hall–Kier alpha value is -2.11. The van der Waals surface area contributed by atoms with Crippen LogP contribution in [0.2, 0.25) is 0 Å². The van der Waals surface area contributed by atoms with Crippen molar-refractivity contribution in [3.05, 3.63) is 34.2 Å². The molecular weight excluding hydrogens is 236 g/mol. The van der Waals surface area contributed by atoms with Crippen LogP contribution in [0, 0.1) is 0 Å². The average Bonchev–Trinajstić information content (AvgIpc) is 2.32. The Morgan fingerprint density at radius 2 is 2.11 bits per heavy atom. The quantitative estimate of drug-likeness (QED) is 0.708. The van der Waals surface area contributed by atoms with Gasteiger partial charge in [0.15, 0.2) is 0 Å². The summed E-state index contributed by atoms with van der Waals surface area (Å²) >= 11 is 0. The third-order valence-corrected chi connectivity index (χ3v) is 2.37. The molecule has 0 fully saturated rings. The van der Waals surface area contributed by atoms with Crippen molar-refractivity contribution in [1.29, 1.82) is 0 Å². The molecule has 98 valence electrons. The molecule has 0 aliphatic carbocycles. The van der Waals surface area contributed by atoms with E-state index < -0.39 is 5.97 Å². The fourth-order valence-electron chi connectivity index (χ4n) is 1.37. The Bertz CT molecular complexity index is 507. The van der Waals surface area contributed by atoms with Gasteiger partial charge in [0, 0.05) is 31.9 Å². The van der Waals surface area contributed by atoms with Crippen LogP contribution in [0.4, 0.5) is 0 Å². The highest BCUT2D eigenvalue weighted by Gasteiger charge is 2.15. The third kappa shape index (κ3) is 3.44. The Labute approximate surface area is 105 Å². The lowest BCUT2D eigenvalue weighted by Crippen LogP contribution is -2.33. The highest BCUT2D eigenvalue weighted by Crippen LogP contribution is 2.00. The number of hydrogen-bond acceptors (Lipinski definition) is 4. The number of aromatic nitrogens is 1. The summed E-state index contributed by atoms with van der Waals surface area (Å²) in [5.74, 6) is -0.863. The van der Waals surface area contributed by atoms with Crippen LogP contribution in [-0.2, 0) is 16.6 Å². The van der Waals surface area contributed by atoms with Gasteiger partial charge >= 0.3 is 5.97 Å². The third-order valence-electron chi connectivity index (χ3n) is 2.37. The van der Waals surface area contributed by atoms with Crippen molar-refractivity contribution in [2.75, 3.05) is 20.2 Å². The number of nitrogens with zero attached hydrogens (tertiary/aromatic N) is 2. The Kier molecular flexibility index (Phi) is 4.65. The summed E-state index contributed by atoms with van der Waals surface area (Å²) in [5.41, 5.74) is -0.0183. The van der Waals surface area contributed by atoms with E-state index in [1.807, 2.05) is 0 Å². The number of likely N-dealkylation sites (N-methyl/N-ethyl adjacent to an activating group) is 1. The molecule has 1 aromatic rings. The summed E-state index contributed by atoms with van der Waals surface area (Å²) in [6.07, 6.45) is 1.51. The number of amides is 1. The van der Waals surface area contributed by atoms with Gasteiger partial charge in [-0.3, -0.25) is 14.4 Å². The van der Waals surface area contributed by atoms with Crippen molar-refractivity contribution in [1.82, 2.24) is 9.47 Å². The lowest BCUT2D eigenvalue weighted by molar-refractivity contribution is -0.143. The van der Waals surface area contributed by atoms with Gasteiger partial charge in [-0.2, -0.15) is 0 Å². The number of aryl methyl sites for hydroxylation is 1. The summed E-state index contributed by atoms with van der Waals surface area (Å²) in [4.78, 5) is 35.8. The SMILES string of the molecule is CCOC(=O)CN(C)C(=O)c1ccn(C)c(=O)c1. The van der Waals surface area contributed by atoms with Crippen molar-refractivity contribution in [2.45, 2.75) is 6.92 Å². The second-order valence-corrected chi connectivity index (χ2v) is 3.83. The van der Waals surface area contributed by atoms with E-state index in [-0.39, 0.29) is 30.2 Å². The molecule has 1 heterocycles. The molecule has 0 atom stereocenters. The molecule has 18 heavy (non-hydrogen) atoms. The van der Waals surface area contributed by atoms with Gasteiger partial charge in [0.2, 0.25) is 0 Å². The summed E-state index contributed by atoms with van der Waals surface area (Å²) in [6.45, 7) is 1.83. The molecule has 1 amide bonds. The molecule has 0 aromatic carbocycles. The molecule has 0 saturated heterocycles. The number of rotatable bonds is 4. The van der Waals surface area contributed by atoms with Crippen LogP contribution < -0.4 is 5.56 Å². The number of ether oxygens (including phenoxy) is 1. The van der Waals surface area contributed by atoms with E-state index in [1.165, 1.54) is 34.8 Å². The lowest BCUT2D eigenvalue weighted by Gasteiger charge is -2.16. The molecule has 0 aliphatic heterocycles. The predicted octanol–water partition coefficient (Wildman–Crippen LogP) is 0.0204. The van der Waals surface area contributed by atoms with Gasteiger partial charge in [-0.1, -0.05) is 0 Å². The second-order valence-electron chi connectivity index (χ2n) is 3.83. The molecule has 0 saturated carbocycles. The van der Waals surface area contributed by atoms with Gasteiger partial charge in [0.05, 0.1) is 6.61 Å². The first-order valence-corrected chi connectivity index (χ1v) is 5.53. The monoisotopic (exact) mass is 252 g/mol. The minimum Gasteiger partial charge on any atom is -0.465 e. The van der Waals surface area contributed by atoms with Gasteiger partial charge < -0.3 is 14.2 Å². The van der Waals surface area contributed by atoms with Gasteiger partial charge in [-0.05, 0) is 13.0 Å². The predicted molar refractivity (Wildman–Crippen MR) is 65.3 cm³/mol. The fraction of sp³-hybridized carbons (Fsp3) is 0.417. The van der Waals surface area contributed by atoms with Crippen molar-refractivity contribution in [3.8, 4) is 0 Å². The molecule has 0 N–H and O–H groups in total. The number of hydrogen-bond donors (Lipinski definition) is 0. The zero-order valence-electron chi connectivity index (χ0n) is 10.7. The topological polar surface area (TPSA) is 68.6 Å². The lowest BCUT2D eigenvalue weighted by atomic mass is 10.2. The second kappa shape index (κ2) is 6.00. The molecule has 0 unspecified atom stereocenters. The van der Waals surface area contributed by atoms with Crippen molar-refractivity contribution >= 4 is 11.9 Å². The molecule has 6 nitrogen and oxygen atoms in total. The standard InChI is InChI=1S/C12H16N2O4/c1-4-18-11(16)8-14(3)12(17)9-5-6-13(2)10(15)7-9/h5-7H,4,8H2,1-3H3. The first kappa shape index (κ1) is 14.0. The summed E-state index contributed by atoms with van der Waals surface area (Å²) in [6, 6.07) is 2.77. The molecule has 1 rings (SSSR count). The first-order valence-electron chi connectivity index (χ1n) is 5.53. The van der Waals surface area contributed by atoms with E-state index in [9.17, 15) is 14.4 Å². The zero-order chi connectivity index (χ0) is 13.7. The fourth-order valence-corrected chi connectivity index (χ4v) is 1.37. The van der Waals surface area contributed by atoms with E-state index in [0.717, 1.165) is 0 Å². The molecule has 0 aliphatic rings. The van der Waals surface area contributed by atoms with Gasteiger partial charge in [-0.15, -0.1) is 0 Å². The van der Waals surface area contributed by atoms with Crippen LogP contribution in [-0.4, -0.2) is 41.5 Å². The van der Waals surface area contributed by atoms with Crippen LogP contribution in [0.3, 0.4) is 0 Å². The summed E-state index contributed by atoms with van der Waals surface area (Å²) < 4.78 is 6.11. The number of carbonyl (C=O) groups excluding carboxylic acids is 2. The molecular formula is C12H16N2O4. The van der Waals surface area contributed by atoms with E-state index in [4.69, 9.17) is 4.74 Å². The Morgan fingerprint density at radius 3 is 2.67 bits per heavy atom. The number of pyridine rings is 1. The van der Waals surface area contributed by atoms with Crippen LogP contribution >= 0.6 is 0 Å². The van der Waals surface area contributed by atoms with Crippen molar-refractivity contribution in [3.63, 3.8) is 0 Å². The largest absolute Gasteiger partial charge is 0.465 e. The molecule has 1 aromatic heterocycles. The number of carbonyl (C=O) groups is 2. The minimum absolute atomic E-state index is 0.137. The zero-order valence-corrected chi connectivity index (χ0v) is 10.7. The average molecular weight is 252 g/mol. The van der Waals surface area contributed by atoms with Gasteiger partial charge in [0.25, 0.3) is 11.5 Å². The number of esters is 1. The van der Waals surface area contributed by atoms with Crippen LogP contribution in [0.1, 0.15) is 17.3 Å². The van der Waals surface area contributed by atoms with Crippen molar-refractivity contribution < 1.29 is 14.3 Å². The maximum absolute atomic E-state index is 11.9. The summed E-state index contributed by atoms with van der Waals surface area (Å²) in [7, 11) is 3.08. The van der Waals surface area contributed by atoms with Crippen LogP contribution in [0.5, 0.6) is 0 Å². The first-order chi connectivity index (χ1) is 8.45. The van der Waals surface area contributed by atoms with Crippen LogP contribution in [0.25, 0.3) is 0 Å². The molecule has 0 radical (unpaired) electrons. The Morgan fingerprint density at radius 1 is 1.44 bits per heavy atom. The minimum atomic E-state index is -0.475. The smallest absolute Gasteiger partial charge is 0.325 e. The van der Waals surface area contributed by atoms with Gasteiger partial charge in [-0.25, -0.2) is 0 Å². The van der Waals surface area contributed by atoms with Crippen molar-refractivity contribution in [2.24, 2.45) is 7.05 Å². The molecule has 0 spiro atoms. The van der Waals surface area contributed by atoms with E-state index in [0.29, 0.717) is 0 Å². The maximum atomic E-state index is 11.9. The summed E-state index contributed by atoms with van der Waals surface area (Å²) in [5, 5.41) is 0. The van der Waals surface area contributed by atoms with Gasteiger partial charge in [0.1, 0.15) is 6.54 Å². The maximum Gasteiger partial charge on any atom is 0.325 e. The highest BCUT2D eigenvalue weighted by atomic mass is 16.5. The normalized spacial score (nSPS) is 9.94. The van der Waals surface area contributed by atoms with Crippen LogP contribution in [0.15, 0.2) is 23.1 Å². The van der Waals surface area contributed by atoms with E-state index in [1.54, 1.807) is 14.0 Å².